The Balaban J connectivity index is 1.67. The Morgan fingerprint density at radius 3 is 2.69 bits per heavy atom. The summed E-state index contributed by atoms with van der Waals surface area (Å²) in [6.07, 6.45) is 5.66. The SMILES string of the molecule is CCCCNC(=O)c1ccccc1NC(=O)[C@H](C)Oc1cccc2c1CCCC2. The van der Waals surface area contributed by atoms with Crippen LogP contribution in [0.1, 0.15) is 61.0 Å². The topological polar surface area (TPSA) is 67.4 Å². The van der Waals surface area contributed by atoms with Crippen LogP contribution in [0.2, 0.25) is 0 Å². The zero-order valence-electron chi connectivity index (χ0n) is 17.3. The number of carbonyl (C=O) groups excluding carboxylic acids is 2. The van der Waals surface area contributed by atoms with Crippen LogP contribution in [-0.4, -0.2) is 24.5 Å². The number of ether oxygens (including phenoxy) is 1. The summed E-state index contributed by atoms with van der Waals surface area (Å²) in [6.45, 7) is 4.43. The molecule has 29 heavy (non-hydrogen) atoms. The molecular formula is C24H30N2O3. The van der Waals surface area contributed by atoms with Gasteiger partial charge in [-0.3, -0.25) is 9.59 Å². The van der Waals surface area contributed by atoms with Crippen molar-refractivity contribution in [2.45, 2.75) is 58.5 Å². The second-order valence-corrected chi connectivity index (χ2v) is 7.51. The number of hydrogen-bond donors (Lipinski definition) is 2. The summed E-state index contributed by atoms with van der Waals surface area (Å²) in [6, 6.07) is 13.1. The summed E-state index contributed by atoms with van der Waals surface area (Å²) in [4.78, 5) is 25.2. The molecule has 0 saturated heterocycles. The molecule has 0 saturated carbocycles. The molecule has 2 aromatic carbocycles. The van der Waals surface area contributed by atoms with Crippen LogP contribution in [0, 0.1) is 0 Å². The van der Waals surface area contributed by atoms with E-state index in [1.54, 1.807) is 31.2 Å². The van der Waals surface area contributed by atoms with Crippen molar-refractivity contribution in [3.8, 4) is 5.75 Å². The lowest BCUT2D eigenvalue weighted by atomic mass is 9.91. The molecule has 2 amide bonds. The lowest BCUT2D eigenvalue weighted by Crippen LogP contribution is -2.32. The highest BCUT2D eigenvalue weighted by Crippen LogP contribution is 2.30. The van der Waals surface area contributed by atoms with Crippen molar-refractivity contribution in [3.05, 3.63) is 59.2 Å². The summed E-state index contributed by atoms with van der Waals surface area (Å²) in [5, 5.41) is 5.75. The van der Waals surface area contributed by atoms with Gasteiger partial charge in [0.2, 0.25) is 0 Å². The maximum absolute atomic E-state index is 12.8. The highest BCUT2D eigenvalue weighted by molar-refractivity contribution is 6.04. The molecule has 5 heteroatoms. The van der Waals surface area contributed by atoms with Crippen LogP contribution in [0.25, 0.3) is 0 Å². The lowest BCUT2D eigenvalue weighted by molar-refractivity contribution is -0.122. The first kappa shape index (κ1) is 20.9. The van der Waals surface area contributed by atoms with Crippen molar-refractivity contribution in [3.63, 3.8) is 0 Å². The third kappa shape index (κ3) is 5.37. The molecule has 0 fully saturated rings. The van der Waals surface area contributed by atoms with E-state index in [2.05, 4.69) is 23.6 Å². The van der Waals surface area contributed by atoms with Crippen molar-refractivity contribution in [1.29, 1.82) is 0 Å². The van der Waals surface area contributed by atoms with Gasteiger partial charge in [-0.25, -0.2) is 0 Å². The minimum atomic E-state index is -0.667. The number of anilines is 1. The molecule has 1 aliphatic carbocycles. The van der Waals surface area contributed by atoms with E-state index in [1.165, 1.54) is 17.5 Å². The van der Waals surface area contributed by atoms with Gasteiger partial charge in [0.1, 0.15) is 5.75 Å². The van der Waals surface area contributed by atoms with Crippen LogP contribution >= 0.6 is 0 Å². The normalized spacial score (nSPS) is 13.9. The van der Waals surface area contributed by atoms with E-state index < -0.39 is 6.10 Å². The number of rotatable bonds is 8. The summed E-state index contributed by atoms with van der Waals surface area (Å²) in [5.74, 6) is 0.336. The molecule has 0 aliphatic heterocycles. The number of amides is 2. The van der Waals surface area contributed by atoms with Crippen molar-refractivity contribution < 1.29 is 14.3 Å². The molecule has 154 valence electrons. The Hall–Kier alpha value is -2.82. The molecule has 5 nitrogen and oxygen atoms in total. The molecule has 0 spiro atoms. The molecular weight excluding hydrogens is 364 g/mol. The fourth-order valence-corrected chi connectivity index (χ4v) is 3.60. The fraction of sp³-hybridized carbons (Fsp3) is 0.417. The van der Waals surface area contributed by atoms with E-state index in [1.807, 2.05) is 12.1 Å². The molecule has 1 atom stereocenters. The Morgan fingerprint density at radius 2 is 1.86 bits per heavy atom. The van der Waals surface area contributed by atoms with Gasteiger partial charge in [0.15, 0.2) is 6.10 Å². The molecule has 3 rings (SSSR count). The minimum Gasteiger partial charge on any atom is -0.481 e. The average molecular weight is 395 g/mol. The molecule has 2 aromatic rings. The molecule has 0 heterocycles. The first-order valence-corrected chi connectivity index (χ1v) is 10.6. The number of hydrogen-bond acceptors (Lipinski definition) is 3. The average Bonchev–Trinajstić information content (AvgIpc) is 2.74. The third-order valence-electron chi connectivity index (χ3n) is 5.27. The van der Waals surface area contributed by atoms with Crippen molar-refractivity contribution in [1.82, 2.24) is 5.32 Å². The van der Waals surface area contributed by atoms with Gasteiger partial charge in [-0.1, -0.05) is 37.6 Å². The van der Waals surface area contributed by atoms with Crippen LogP contribution in [0.15, 0.2) is 42.5 Å². The summed E-state index contributed by atoms with van der Waals surface area (Å²) in [7, 11) is 0. The summed E-state index contributed by atoms with van der Waals surface area (Å²) in [5.41, 5.74) is 3.49. The van der Waals surface area contributed by atoms with E-state index in [4.69, 9.17) is 4.74 Å². The summed E-state index contributed by atoms with van der Waals surface area (Å²) >= 11 is 0. The lowest BCUT2D eigenvalue weighted by Gasteiger charge is -2.22. The molecule has 0 unspecified atom stereocenters. The number of unbranched alkanes of at least 4 members (excludes halogenated alkanes) is 1. The number of aryl methyl sites for hydroxylation is 1. The van der Waals surface area contributed by atoms with Gasteiger partial charge in [-0.2, -0.15) is 0 Å². The van der Waals surface area contributed by atoms with Gasteiger partial charge in [0.25, 0.3) is 11.8 Å². The van der Waals surface area contributed by atoms with Crippen LogP contribution in [0.5, 0.6) is 5.75 Å². The Bertz CT molecular complexity index is 863. The highest BCUT2D eigenvalue weighted by atomic mass is 16.5. The fourth-order valence-electron chi connectivity index (χ4n) is 3.60. The maximum Gasteiger partial charge on any atom is 0.265 e. The van der Waals surface area contributed by atoms with Gasteiger partial charge in [-0.05, 0) is 68.4 Å². The minimum absolute atomic E-state index is 0.181. The molecule has 2 N–H and O–H groups in total. The van der Waals surface area contributed by atoms with Crippen molar-refractivity contribution in [2.24, 2.45) is 0 Å². The van der Waals surface area contributed by atoms with Crippen molar-refractivity contribution >= 4 is 17.5 Å². The molecule has 1 aliphatic rings. The predicted molar refractivity (Wildman–Crippen MR) is 115 cm³/mol. The zero-order valence-corrected chi connectivity index (χ0v) is 17.3. The van der Waals surface area contributed by atoms with Gasteiger partial charge in [0.05, 0.1) is 11.3 Å². The monoisotopic (exact) mass is 394 g/mol. The quantitative estimate of drug-likeness (QED) is 0.648. The van der Waals surface area contributed by atoms with Gasteiger partial charge < -0.3 is 15.4 Å². The summed E-state index contributed by atoms with van der Waals surface area (Å²) < 4.78 is 6.01. The number of nitrogens with one attached hydrogen (secondary N) is 2. The number of fused-ring (bicyclic) bond motifs is 1. The van der Waals surface area contributed by atoms with E-state index in [0.717, 1.165) is 37.9 Å². The van der Waals surface area contributed by atoms with E-state index >= 15 is 0 Å². The Kier molecular flexibility index (Phi) is 7.28. The molecule has 0 aromatic heterocycles. The smallest absolute Gasteiger partial charge is 0.265 e. The van der Waals surface area contributed by atoms with Crippen LogP contribution in [-0.2, 0) is 17.6 Å². The second-order valence-electron chi connectivity index (χ2n) is 7.51. The zero-order chi connectivity index (χ0) is 20.6. The van der Waals surface area contributed by atoms with Crippen molar-refractivity contribution in [2.75, 3.05) is 11.9 Å². The van der Waals surface area contributed by atoms with E-state index in [-0.39, 0.29) is 11.8 Å². The third-order valence-corrected chi connectivity index (χ3v) is 5.27. The van der Waals surface area contributed by atoms with Gasteiger partial charge in [0, 0.05) is 6.54 Å². The first-order valence-electron chi connectivity index (χ1n) is 10.6. The van der Waals surface area contributed by atoms with Crippen LogP contribution < -0.4 is 15.4 Å². The molecule has 0 bridgehead atoms. The number of benzene rings is 2. The number of para-hydroxylation sites is 1. The van der Waals surface area contributed by atoms with Gasteiger partial charge >= 0.3 is 0 Å². The van der Waals surface area contributed by atoms with Crippen LogP contribution in [0.3, 0.4) is 0 Å². The Morgan fingerprint density at radius 1 is 1.07 bits per heavy atom. The predicted octanol–water partition coefficient (Wildman–Crippen LogP) is 4.50. The first-order chi connectivity index (χ1) is 14.1. The second kappa shape index (κ2) is 10.1. The Labute approximate surface area is 172 Å². The van der Waals surface area contributed by atoms with Gasteiger partial charge in [-0.15, -0.1) is 0 Å². The van der Waals surface area contributed by atoms with E-state index in [0.29, 0.717) is 17.8 Å². The maximum atomic E-state index is 12.8. The molecule has 0 radical (unpaired) electrons. The standard InChI is InChI=1S/C24H30N2O3/c1-3-4-16-25-24(28)20-13-7-8-14-21(20)26-23(27)17(2)29-22-15-9-11-18-10-5-6-12-19(18)22/h7-9,11,13-15,17H,3-6,10,12,16H2,1-2H3,(H,25,28)(H,26,27)/t17-/m0/s1. The largest absolute Gasteiger partial charge is 0.481 e. The highest BCUT2D eigenvalue weighted by Gasteiger charge is 2.21. The van der Waals surface area contributed by atoms with Crippen LogP contribution in [0.4, 0.5) is 5.69 Å². The van der Waals surface area contributed by atoms with E-state index in [9.17, 15) is 9.59 Å². The number of carbonyl (C=O) groups is 2.